The van der Waals surface area contributed by atoms with Crippen LogP contribution in [0, 0.1) is 5.82 Å². The molecule has 23 heavy (non-hydrogen) atoms. The van der Waals surface area contributed by atoms with Crippen LogP contribution in [0.5, 0.6) is 0 Å². The Kier molecular flexibility index (Phi) is 4.12. The van der Waals surface area contributed by atoms with E-state index in [1.54, 1.807) is 6.07 Å². The van der Waals surface area contributed by atoms with E-state index in [0.29, 0.717) is 24.2 Å². The maximum atomic E-state index is 13.7. The molecule has 2 atom stereocenters. The highest BCUT2D eigenvalue weighted by Gasteiger charge is 2.35. The number of benzene rings is 1. The maximum Gasteiger partial charge on any atom is 0.407 e. The quantitative estimate of drug-likeness (QED) is 0.877. The minimum atomic E-state index is -1.07. The van der Waals surface area contributed by atoms with Gasteiger partial charge in [-0.2, -0.15) is 5.16 Å². The Morgan fingerprint density at radius 3 is 2.83 bits per heavy atom. The third-order valence-electron chi connectivity index (χ3n) is 4.12. The smallest absolute Gasteiger partial charge is 0.407 e. The van der Waals surface area contributed by atoms with Crippen LogP contribution in [0.1, 0.15) is 36.1 Å². The van der Waals surface area contributed by atoms with Crippen molar-refractivity contribution < 1.29 is 18.8 Å². The molecule has 8 heteroatoms. The van der Waals surface area contributed by atoms with Gasteiger partial charge >= 0.3 is 6.09 Å². The van der Waals surface area contributed by atoms with Crippen molar-refractivity contribution in [2.24, 2.45) is 0 Å². The monoisotopic (exact) mass is 340 g/mol. The molecule has 1 aliphatic rings. The third kappa shape index (κ3) is 3.10. The zero-order valence-corrected chi connectivity index (χ0v) is 12.7. The summed E-state index contributed by atoms with van der Waals surface area (Å²) in [6.45, 7) is 0.268. The van der Waals surface area contributed by atoms with Crippen LogP contribution in [-0.2, 0) is 0 Å². The van der Waals surface area contributed by atoms with E-state index in [1.165, 1.54) is 23.1 Å². The van der Waals surface area contributed by atoms with Gasteiger partial charge in [-0.3, -0.25) is 4.79 Å². The molecule has 0 bridgehead atoms. The van der Waals surface area contributed by atoms with Gasteiger partial charge in [0.15, 0.2) is 0 Å². The Morgan fingerprint density at radius 2 is 2.22 bits per heavy atom. The van der Waals surface area contributed by atoms with Crippen LogP contribution >= 0.6 is 11.6 Å². The van der Waals surface area contributed by atoms with Gasteiger partial charge < -0.3 is 14.5 Å². The summed E-state index contributed by atoms with van der Waals surface area (Å²) in [4.78, 5) is 24.0. The second-order valence-electron chi connectivity index (χ2n) is 5.50. The van der Waals surface area contributed by atoms with Gasteiger partial charge in [-0.15, -0.1) is 0 Å². The van der Waals surface area contributed by atoms with Gasteiger partial charge in [-0.05, 0) is 30.5 Å². The van der Waals surface area contributed by atoms with Crippen molar-refractivity contribution in [1.29, 1.82) is 0 Å². The first kappa shape index (κ1) is 15.6. The molecule has 0 spiro atoms. The zero-order valence-electron chi connectivity index (χ0n) is 12.0. The molecule has 1 fully saturated rings. The molecule has 0 radical (unpaired) electrons. The molecule has 2 heterocycles. The van der Waals surface area contributed by atoms with Crippen molar-refractivity contribution in [3.05, 3.63) is 56.8 Å². The Labute approximate surface area is 135 Å². The lowest BCUT2D eigenvalue weighted by Gasteiger charge is -2.37. The van der Waals surface area contributed by atoms with Crippen LogP contribution in [0.3, 0.4) is 0 Å². The van der Waals surface area contributed by atoms with E-state index in [0.717, 1.165) is 0 Å². The summed E-state index contributed by atoms with van der Waals surface area (Å²) >= 11 is 5.69. The topological polar surface area (TPSA) is 86.5 Å². The Balaban J connectivity index is 1.92. The van der Waals surface area contributed by atoms with E-state index < -0.39 is 18.0 Å². The lowest BCUT2D eigenvalue weighted by Crippen LogP contribution is -2.39. The molecule has 0 saturated carbocycles. The summed E-state index contributed by atoms with van der Waals surface area (Å²) in [5.41, 5.74) is 0.187. The standard InChI is InChI=1S/C15H14ClFN2O4/c16-10-2-1-8(5-11(10)17)12-6-9(3-4-19(12)15(21)22)13-7-14(20)18-23-13/h1-2,5,7,9,12H,3-4,6H2,(H,18,20)(H,21,22). The number of aromatic amines is 1. The summed E-state index contributed by atoms with van der Waals surface area (Å²) < 4.78 is 18.9. The van der Waals surface area contributed by atoms with Crippen molar-refractivity contribution in [2.45, 2.75) is 24.8 Å². The van der Waals surface area contributed by atoms with Crippen LogP contribution in [0.15, 0.2) is 33.6 Å². The molecule has 122 valence electrons. The average molecular weight is 341 g/mol. The number of rotatable bonds is 2. The number of nitrogens with one attached hydrogen (secondary N) is 1. The van der Waals surface area contributed by atoms with Crippen molar-refractivity contribution in [2.75, 3.05) is 6.54 Å². The van der Waals surface area contributed by atoms with Crippen LogP contribution < -0.4 is 5.56 Å². The molecule has 3 rings (SSSR count). The number of H-pyrrole nitrogens is 1. The predicted octanol–water partition coefficient (Wildman–Crippen LogP) is 3.36. The largest absolute Gasteiger partial charge is 0.465 e. The molecule has 1 aromatic carbocycles. The van der Waals surface area contributed by atoms with E-state index in [-0.39, 0.29) is 23.0 Å². The fourth-order valence-corrected chi connectivity index (χ4v) is 3.10. The number of piperidine rings is 1. The van der Waals surface area contributed by atoms with Crippen molar-refractivity contribution in [3.8, 4) is 0 Å². The van der Waals surface area contributed by atoms with E-state index >= 15 is 0 Å². The molecular weight excluding hydrogens is 327 g/mol. The summed E-state index contributed by atoms with van der Waals surface area (Å²) in [5, 5.41) is 11.6. The van der Waals surface area contributed by atoms with E-state index in [2.05, 4.69) is 5.16 Å². The number of hydrogen-bond acceptors (Lipinski definition) is 3. The Hall–Kier alpha value is -2.28. The second-order valence-corrected chi connectivity index (χ2v) is 5.91. The van der Waals surface area contributed by atoms with E-state index in [4.69, 9.17) is 16.1 Å². The molecule has 0 aliphatic carbocycles. The molecule has 6 nitrogen and oxygen atoms in total. The van der Waals surface area contributed by atoms with Gasteiger partial charge in [0.25, 0.3) is 5.56 Å². The van der Waals surface area contributed by atoms with Gasteiger partial charge in [0, 0.05) is 18.5 Å². The zero-order chi connectivity index (χ0) is 16.6. The van der Waals surface area contributed by atoms with E-state index in [1.807, 2.05) is 0 Å². The number of hydrogen-bond donors (Lipinski definition) is 2. The minimum Gasteiger partial charge on any atom is -0.465 e. The first-order valence-electron chi connectivity index (χ1n) is 7.08. The van der Waals surface area contributed by atoms with Gasteiger partial charge in [0.2, 0.25) is 0 Å². The number of carboxylic acid groups (broad SMARTS) is 1. The number of nitrogens with zero attached hydrogens (tertiary/aromatic N) is 1. The highest BCUT2D eigenvalue weighted by Crippen LogP contribution is 2.39. The fourth-order valence-electron chi connectivity index (χ4n) is 2.99. The van der Waals surface area contributed by atoms with Gasteiger partial charge in [0.05, 0.1) is 11.1 Å². The molecule has 1 aromatic heterocycles. The summed E-state index contributed by atoms with van der Waals surface area (Å²) in [5.74, 6) is -0.224. The van der Waals surface area contributed by atoms with Crippen LogP contribution in [0.4, 0.5) is 9.18 Å². The van der Waals surface area contributed by atoms with Crippen molar-refractivity contribution in [3.63, 3.8) is 0 Å². The molecule has 2 unspecified atom stereocenters. The third-order valence-corrected chi connectivity index (χ3v) is 4.43. The number of halogens is 2. The number of likely N-dealkylation sites (tertiary alicyclic amines) is 1. The highest BCUT2D eigenvalue weighted by molar-refractivity contribution is 6.30. The van der Waals surface area contributed by atoms with Gasteiger partial charge in [-0.1, -0.05) is 17.7 Å². The molecule has 2 N–H and O–H groups in total. The lowest BCUT2D eigenvalue weighted by molar-refractivity contribution is 0.0967. The van der Waals surface area contributed by atoms with E-state index in [9.17, 15) is 19.1 Å². The molecule has 1 saturated heterocycles. The normalized spacial score (nSPS) is 21.4. The summed E-state index contributed by atoms with van der Waals surface area (Å²) in [6, 6.07) is 5.10. The fraction of sp³-hybridized carbons (Fsp3) is 0.333. The minimum absolute atomic E-state index is 0.0142. The second kappa shape index (κ2) is 6.08. The molecule has 1 amide bonds. The maximum absolute atomic E-state index is 13.7. The SMILES string of the molecule is O=C(O)N1CCC(c2cc(=O)[nH]o2)CC1c1ccc(Cl)c(F)c1. The van der Waals surface area contributed by atoms with Crippen LogP contribution in [0.25, 0.3) is 0 Å². The molecular formula is C15H14ClFN2O4. The van der Waals surface area contributed by atoms with Crippen molar-refractivity contribution in [1.82, 2.24) is 10.1 Å². The van der Waals surface area contributed by atoms with Gasteiger partial charge in [-0.25, -0.2) is 9.18 Å². The molecule has 1 aliphatic heterocycles. The average Bonchev–Trinajstić information content (AvgIpc) is 2.96. The van der Waals surface area contributed by atoms with Crippen LogP contribution in [0.2, 0.25) is 5.02 Å². The van der Waals surface area contributed by atoms with Gasteiger partial charge in [0.1, 0.15) is 11.6 Å². The Morgan fingerprint density at radius 1 is 1.43 bits per heavy atom. The number of amides is 1. The first-order valence-corrected chi connectivity index (χ1v) is 7.46. The summed E-state index contributed by atoms with van der Waals surface area (Å²) in [7, 11) is 0. The molecule has 2 aromatic rings. The predicted molar refractivity (Wildman–Crippen MR) is 80.2 cm³/mol. The number of aromatic nitrogens is 1. The highest BCUT2D eigenvalue weighted by atomic mass is 35.5. The number of carbonyl (C=O) groups is 1. The lowest BCUT2D eigenvalue weighted by atomic mass is 9.86. The van der Waals surface area contributed by atoms with Crippen molar-refractivity contribution >= 4 is 17.7 Å². The summed E-state index contributed by atoms with van der Waals surface area (Å²) in [6.07, 6.45) is -0.146. The first-order chi connectivity index (χ1) is 11.0. The van der Waals surface area contributed by atoms with Crippen LogP contribution in [-0.4, -0.2) is 27.8 Å². The Bertz CT molecular complexity index is 788.